The van der Waals surface area contributed by atoms with Gasteiger partial charge in [0, 0.05) is 12.6 Å². The van der Waals surface area contributed by atoms with Crippen molar-refractivity contribution in [3.05, 3.63) is 63.9 Å². The lowest BCUT2D eigenvalue weighted by atomic mass is 10.0. The molecule has 0 fully saturated rings. The molecule has 180 valence electrons. The number of nitrogens with one attached hydrogen (secondary N) is 2. The zero-order chi connectivity index (χ0) is 24.8. The lowest BCUT2D eigenvalue weighted by molar-refractivity contribution is -0.113. The van der Waals surface area contributed by atoms with Gasteiger partial charge in [-0.05, 0) is 42.3 Å². The van der Waals surface area contributed by atoms with E-state index in [1.807, 2.05) is 13.8 Å². The van der Waals surface area contributed by atoms with Crippen LogP contribution in [0.4, 0.5) is 5.69 Å². The maximum atomic E-state index is 12.8. The van der Waals surface area contributed by atoms with Gasteiger partial charge in [0.1, 0.15) is 5.75 Å². The molecule has 3 rings (SSSR count). The summed E-state index contributed by atoms with van der Waals surface area (Å²) >= 11 is 13.3. The Morgan fingerprint density at radius 2 is 1.82 bits per heavy atom. The molecule has 0 saturated heterocycles. The van der Waals surface area contributed by atoms with E-state index in [1.54, 1.807) is 61.2 Å². The Bertz CT molecular complexity index is 1170. The molecular formula is C23H25Cl2N5O3S. The van der Waals surface area contributed by atoms with Gasteiger partial charge in [-0.1, -0.05) is 54.9 Å². The van der Waals surface area contributed by atoms with Crippen molar-refractivity contribution in [3.63, 3.8) is 0 Å². The molecule has 0 radical (unpaired) electrons. The molecule has 1 aromatic heterocycles. The van der Waals surface area contributed by atoms with Crippen molar-refractivity contribution in [1.82, 2.24) is 20.1 Å². The zero-order valence-corrected chi connectivity index (χ0v) is 21.5. The summed E-state index contributed by atoms with van der Waals surface area (Å²) in [5, 5.41) is 15.5. The van der Waals surface area contributed by atoms with Crippen molar-refractivity contribution < 1.29 is 14.3 Å². The number of nitrogens with zero attached hydrogens (tertiary/aromatic N) is 3. The molecule has 3 aromatic rings. The lowest BCUT2D eigenvalue weighted by Gasteiger charge is -2.21. The van der Waals surface area contributed by atoms with Gasteiger partial charge in [0.15, 0.2) is 11.0 Å². The Hall–Kier alpha value is -2.75. The van der Waals surface area contributed by atoms with Crippen LogP contribution < -0.4 is 15.4 Å². The third-order valence-corrected chi connectivity index (χ3v) is 6.85. The number of carbonyl (C=O) groups is 2. The van der Waals surface area contributed by atoms with Crippen molar-refractivity contribution in [2.75, 3.05) is 18.2 Å². The second kappa shape index (κ2) is 11.6. The Balaban J connectivity index is 1.67. The van der Waals surface area contributed by atoms with Crippen LogP contribution in [0, 0.1) is 5.92 Å². The molecule has 11 heteroatoms. The fraction of sp³-hybridized carbons (Fsp3) is 0.304. The first-order valence-corrected chi connectivity index (χ1v) is 12.2. The van der Waals surface area contributed by atoms with E-state index in [4.69, 9.17) is 27.9 Å². The number of aromatic nitrogens is 3. The third-order valence-electron chi connectivity index (χ3n) is 5.01. The highest BCUT2D eigenvalue weighted by Crippen LogP contribution is 2.30. The summed E-state index contributed by atoms with van der Waals surface area (Å²) in [6, 6.07) is 11.5. The molecule has 2 amide bonds. The summed E-state index contributed by atoms with van der Waals surface area (Å²) in [5.41, 5.74) is 0.958. The number of halogens is 2. The van der Waals surface area contributed by atoms with Crippen molar-refractivity contribution in [2.24, 2.45) is 13.0 Å². The van der Waals surface area contributed by atoms with E-state index in [1.165, 1.54) is 11.8 Å². The zero-order valence-electron chi connectivity index (χ0n) is 19.1. The molecule has 0 aliphatic heterocycles. The van der Waals surface area contributed by atoms with Gasteiger partial charge in [0.05, 0.1) is 34.6 Å². The number of methoxy groups -OCH3 is 1. The molecule has 0 aliphatic carbocycles. The Morgan fingerprint density at radius 3 is 2.47 bits per heavy atom. The minimum absolute atomic E-state index is 0.0521. The summed E-state index contributed by atoms with van der Waals surface area (Å²) in [4.78, 5) is 25.2. The fourth-order valence-corrected chi connectivity index (χ4v) is 4.20. The molecule has 1 atom stereocenters. The van der Waals surface area contributed by atoms with Crippen LogP contribution >= 0.6 is 35.0 Å². The standard InChI is InChI=1S/C23H25Cl2N5O3S/c1-13(2)20(27-22(32)14-8-10-15(33-4)11-9-14)21-28-29-23(30(21)3)34-12-18(31)26-17-7-5-6-16(24)19(17)25/h5-11,13,20H,12H2,1-4H3,(H,26,31)(H,27,32)/t20-/m0/s1. The Labute approximate surface area is 212 Å². The van der Waals surface area contributed by atoms with Gasteiger partial charge in [-0.15, -0.1) is 10.2 Å². The van der Waals surface area contributed by atoms with Gasteiger partial charge < -0.3 is 19.9 Å². The molecule has 2 aromatic carbocycles. The second-order valence-electron chi connectivity index (χ2n) is 7.76. The largest absolute Gasteiger partial charge is 0.497 e. The van der Waals surface area contributed by atoms with E-state index in [9.17, 15) is 9.59 Å². The number of hydrogen-bond donors (Lipinski definition) is 2. The van der Waals surface area contributed by atoms with E-state index in [0.29, 0.717) is 33.0 Å². The molecule has 0 unspecified atom stereocenters. The molecule has 0 saturated carbocycles. The number of thioether (sulfide) groups is 1. The van der Waals surface area contributed by atoms with Gasteiger partial charge in [0.2, 0.25) is 5.91 Å². The van der Waals surface area contributed by atoms with Crippen LogP contribution in [0.5, 0.6) is 5.75 Å². The van der Waals surface area contributed by atoms with E-state index in [0.717, 1.165) is 0 Å². The van der Waals surface area contributed by atoms with E-state index < -0.39 is 0 Å². The fourth-order valence-electron chi connectivity index (χ4n) is 3.14. The predicted octanol–water partition coefficient (Wildman–Crippen LogP) is 4.99. The molecule has 8 nitrogen and oxygen atoms in total. The minimum Gasteiger partial charge on any atom is -0.497 e. The average Bonchev–Trinajstić information content (AvgIpc) is 3.18. The number of hydrogen-bond acceptors (Lipinski definition) is 6. The maximum absolute atomic E-state index is 12.8. The van der Waals surface area contributed by atoms with Crippen molar-refractivity contribution >= 4 is 52.5 Å². The monoisotopic (exact) mass is 521 g/mol. The first-order chi connectivity index (χ1) is 16.2. The van der Waals surface area contributed by atoms with E-state index in [2.05, 4.69) is 20.8 Å². The van der Waals surface area contributed by atoms with E-state index >= 15 is 0 Å². The van der Waals surface area contributed by atoms with Crippen LogP contribution in [0.2, 0.25) is 10.0 Å². The molecule has 0 aliphatic rings. The number of rotatable bonds is 9. The predicted molar refractivity (Wildman–Crippen MR) is 135 cm³/mol. The third kappa shape index (κ3) is 6.22. The van der Waals surface area contributed by atoms with Crippen molar-refractivity contribution in [3.8, 4) is 5.75 Å². The Morgan fingerprint density at radius 1 is 1.12 bits per heavy atom. The van der Waals surface area contributed by atoms with Gasteiger partial charge in [-0.25, -0.2) is 0 Å². The normalized spacial score (nSPS) is 11.9. The van der Waals surface area contributed by atoms with Gasteiger partial charge in [-0.3, -0.25) is 9.59 Å². The number of ether oxygens (including phenoxy) is 1. The molecule has 1 heterocycles. The van der Waals surface area contributed by atoms with Crippen LogP contribution in [0.1, 0.15) is 36.1 Å². The van der Waals surface area contributed by atoms with Crippen LogP contribution in [-0.4, -0.2) is 39.4 Å². The van der Waals surface area contributed by atoms with E-state index in [-0.39, 0.29) is 34.5 Å². The number of amides is 2. The molecule has 2 N–H and O–H groups in total. The quantitative estimate of drug-likeness (QED) is 0.385. The lowest BCUT2D eigenvalue weighted by Crippen LogP contribution is -2.33. The summed E-state index contributed by atoms with van der Waals surface area (Å²) < 4.78 is 6.92. The number of benzene rings is 2. The smallest absolute Gasteiger partial charge is 0.251 e. The summed E-state index contributed by atoms with van der Waals surface area (Å²) in [7, 11) is 3.38. The van der Waals surface area contributed by atoms with Crippen LogP contribution in [0.25, 0.3) is 0 Å². The van der Waals surface area contributed by atoms with Crippen molar-refractivity contribution in [1.29, 1.82) is 0 Å². The summed E-state index contributed by atoms with van der Waals surface area (Å²) in [6.45, 7) is 3.98. The first kappa shape index (κ1) is 25.9. The molecule has 0 spiro atoms. The average molecular weight is 522 g/mol. The molecular weight excluding hydrogens is 497 g/mol. The van der Waals surface area contributed by atoms with Crippen LogP contribution in [0.15, 0.2) is 47.6 Å². The van der Waals surface area contributed by atoms with Crippen LogP contribution in [0.3, 0.4) is 0 Å². The second-order valence-corrected chi connectivity index (χ2v) is 9.49. The van der Waals surface area contributed by atoms with Gasteiger partial charge in [-0.2, -0.15) is 0 Å². The highest BCUT2D eigenvalue weighted by molar-refractivity contribution is 7.99. The number of anilines is 1. The summed E-state index contributed by atoms with van der Waals surface area (Å²) in [6.07, 6.45) is 0. The van der Waals surface area contributed by atoms with Crippen molar-refractivity contribution in [2.45, 2.75) is 25.0 Å². The van der Waals surface area contributed by atoms with Gasteiger partial charge in [0.25, 0.3) is 5.91 Å². The highest BCUT2D eigenvalue weighted by Gasteiger charge is 2.25. The maximum Gasteiger partial charge on any atom is 0.251 e. The number of carbonyl (C=O) groups excluding carboxylic acids is 2. The van der Waals surface area contributed by atoms with Crippen LogP contribution in [-0.2, 0) is 11.8 Å². The topological polar surface area (TPSA) is 98.1 Å². The van der Waals surface area contributed by atoms with Gasteiger partial charge >= 0.3 is 0 Å². The Kier molecular flexibility index (Phi) is 8.82. The molecule has 34 heavy (non-hydrogen) atoms. The SMILES string of the molecule is COc1ccc(C(=O)N[C@H](c2nnc(SCC(=O)Nc3cccc(Cl)c3Cl)n2C)C(C)C)cc1. The summed E-state index contributed by atoms with van der Waals surface area (Å²) in [5.74, 6) is 0.935. The molecule has 0 bridgehead atoms. The first-order valence-electron chi connectivity index (χ1n) is 10.4. The highest BCUT2D eigenvalue weighted by atomic mass is 35.5. The minimum atomic E-state index is -0.374.